The SMILES string of the molecule is Cc1cc(C)c(NS(=O)(=O)c2cccc(C(=O)NC(C)(C)C)c2)c(Cl)c1. The molecule has 2 N–H and O–H groups in total. The summed E-state index contributed by atoms with van der Waals surface area (Å²) in [5.74, 6) is -0.334. The predicted molar refractivity (Wildman–Crippen MR) is 105 cm³/mol. The van der Waals surface area contributed by atoms with Crippen molar-refractivity contribution in [3.8, 4) is 0 Å². The quantitative estimate of drug-likeness (QED) is 0.812. The molecule has 1 amide bonds. The van der Waals surface area contributed by atoms with Gasteiger partial charge in [-0.05, 0) is 70.0 Å². The van der Waals surface area contributed by atoms with E-state index >= 15 is 0 Å². The molecule has 2 rings (SSSR count). The van der Waals surface area contributed by atoms with Crippen LogP contribution in [0.4, 0.5) is 5.69 Å². The number of hydrogen-bond donors (Lipinski definition) is 2. The van der Waals surface area contributed by atoms with Crippen LogP contribution in [-0.2, 0) is 10.0 Å². The molecular formula is C19H23ClN2O3S. The number of aryl methyl sites for hydroxylation is 2. The van der Waals surface area contributed by atoms with E-state index in [1.165, 1.54) is 18.2 Å². The Morgan fingerprint density at radius 3 is 2.31 bits per heavy atom. The van der Waals surface area contributed by atoms with Crippen molar-refractivity contribution in [2.24, 2.45) is 0 Å². The molecule has 5 nitrogen and oxygen atoms in total. The lowest BCUT2D eigenvalue weighted by molar-refractivity contribution is 0.0919. The van der Waals surface area contributed by atoms with Gasteiger partial charge in [0.1, 0.15) is 0 Å². The molecule has 0 heterocycles. The second-order valence-corrected chi connectivity index (χ2v) is 9.37. The molecule has 0 atom stereocenters. The fraction of sp³-hybridized carbons (Fsp3) is 0.316. The highest BCUT2D eigenvalue weighted by Gasteiger charge is 2.20. The lowest BCUT2D eigenvalue weighted by Gasteiger charge is -2.20. The van der Waals surface area contributed by atoms with E-state index in [9.17, 15) is 13.2 Å². The van der Waals surface area contributed by atoms with Crippen LogP contribution >= 0.6 is 11.6 Å². The highest BCUT2D eigenvalue weighted by Crippen LogP contribution is 2.29. The van der Waals surface area contributed by atoms with Crippen LogP contribution in [0.15, 0.2) is 41.3 Å². The van der Waals surface area contributed by atoms with Gasteiger partial charge in [0.15, 0.2) is 0 Å². The van der Waals surface area contributed by atoms with E-state index in [4.69, 9.17) is 11.6 Å². The third-order valence-electron chi connectivity index (χ3n) is 3.56. The first-order chi connectivity index (χ1) is 11.9. The summed E-state index contributed by atoms with van der Waals surface area (Å²) < 4.78 is 28.0. The Labute approximate surface area is 159 Å². The zero-order chi connectivity index (χ0) is 19.7. The van der Waals surface area contributed by atoms with Crippen LogP contribution in [0.2, 0.25) is 5.02 Å². The zero-order valence-corrected chi connectivity index (χ0v) is 17.0. The summed E-state index contributed by atoms with van der Waals surface area (Å²) in [4.78, 5) is 12.3. The minimum absolute atomic E-state index is 0.00454. The molecule has 26 heavy (non-hydrogen) atoms. The standard InChI is InChI=1S/C19H23ClN2O3S/c1-12-9-13(2)17(16(20)10-12)22-26(24,25)15-8-6-7-14(11-15)18(23)21-19(3,4)5/h6-11,22H,1-5H3,(H,21,23). The molecule has 0 spiro atoms. The summed E-state index contributed by atoms with van der Waals surface area (Å²) in [6.07, 6.45) is 0. The van der Waals surface area contributed by atoms with Crippen LogP contribution < -0.4 is 10.0 Å². The zero-order valence-electron chi connectivity index (χ0n) is 15.5. The first-order valence-corrected chi connectivity index (χ1v) is 9.97. The number of nitrogens with one attached hydrogen (secondary N) is 2. The molecule has 0 aliphatic rings. The van der Waals surface area contributed by atoms with E-state index < -0.39 is 15.6 Å². The van der Waals surface area contributed by atoms with Gasteiger partial charge in [-0.3, -0.25) is 9.52 Å². The number of amides is 1. The molecular weight excluding hydrogens is 372 g/mol. The van der Waals surface area contributed by atoms with E-state index in [0.29, 0.717) is 10.7 Å². The van der Waals surface area contributed by atoms with Crippen LogP contribution in [0, 0.1) is 13.8 Å². The Morgan fingerprint density at radius 1 is 1.08 bits per heavy atom. The number of halogens is 1. The summed E-state index contributed by atoms with van der Waals surface area (Å²) in [5, 5.41) is 3.14. The van der Waals surface area contributed by atoms with Crippen LogP contribution in [-0.4, -0.2) is 19.9 Å². The molecule has 0 saturated heterocycles. The Hall–Kier alpha value is -2.05. The Bertz CT molecular complexity index is 924. The van der Waals surface area contributed by atoms with Crippen molar-refractivity contribution in [3.63, 3.8) is 0 Å². The van der Waals surface area contributed by atoms with Crippen LogP contribution in [0.5, 0.6) is 0 Å². The minimum Gasteiger partial charge on any atom is -0.347 e. The monoisotopic (exact) mass is 394 g/mol. The average Bonchev–Trinajstić information content (AvgIpc) is 2.49. The third-order valence-corrected chi connectivity index (χ3v) is 5.21. The summed E-state index contributed by atoms with van der Waals surface area (Å²) in [6.45, 7) is 9.23. The molecule has 0 bridgehead atoms. The van der Waals surface area contributed by atoms with Crippen LogP contribution in [0.1, 0.15) is 42.3 Å². The lowest BCUT2D eigenvalue weighted by Crippen LogP contribution is -2.40. The maximum Gasteiger partial charge on any atom is 0.261 e. The molecule has 2 aromatic carbocycles. The number of hydrogen-bond acceptors (Lipinski definition) is 3. The molecule has 0 aliphatic carbocycles. The summed E-state index contributed by atoms with van der Waals surface area (Å²) in [6, 6.07) is 9.44. The topological polar surface area (TPSA) is 75.3 Å². The molecule has 7 heteroatoms. The van der Waals surface area contributed by atoms with E-state index in [1.54, 1.807) is 19.1 Å². The molecule has 0 unspecified atom stereocenters. The Morgan fingerprint density at radius 2 is 1.73 bits per heavy atom. The van der Waals surface area contributed by atoms with Gasteiger partial charge in [-0.1, -0.05) is 23.7 Å². The van der Waals surface area contributed by atoms with E-state index in [1.807, 2.05) is 33.8 Å². The van der Waals surface area contributed by atoms with Crippen molar-refractivity contribution in [3.05, 3.63) is 58.1 Å². The predicted octanol–water partition coefficient (Wildman–Crippen LogP) is 4.29. The Kier molecular flexibility index (Phi) is 5.68. The molecule has 0 aliphatic heterocycles. The molecule has 0 saturated carbocycles. The number of benzene rings is 2. The largest absolute Gasteiger partial charge is 0.347 e. The summed E-state index contributed by atoms with van der Waals surface area (Å²) in [5.41, 5.74) is 1.85. The third kappa shape index (κ3) is 4.99. The number of sulfonamides is 1. The van der Waals surface area contributed by atoms with Crippen molar-refractivity contribution >= 4 is 33.2 Å². The normalized spacial score (nSPS) is 11.9. The average molecular weight is 395 g/mol. The van der Waals surface area contributed by atoms with E-state index in [-0.39, 0.29) is 16.4 Å². The van der Waals surface area contributed by atoms with Crippen LogP contribution in [0.25, 0.3) is 0 Å². The smallest absolute Gasteiger partial charge is 0.261 e. The van der Waals surface area contributed by atoms with Crippen molar-refractivity contribution in [1.82, 2.24) is 5.32 Å². The highest BCUT2D eigenvalue weighted by atomic mass is 35.5. The lowest BCUT2D eigenvalue weighted by atomic mass is 10.1. The van der Waals surface area contributed by atoms with Gasteiger partial charge < -0.3 is 5.32 Å². The number of carbonyl (C=O) groups excluding carboxylic acids is 1. The first-order valence-electron chi connectivity index (χ1n) is 8.11. The first kappa shape index (κ1) is 20.3. The molecule has 0 radical (unpaired) electrons. The van der Waals surface area contributed by atoms with Crippen LogP contribution in [0.3, 0.4) is 0 Å². The van der Waals surface area contributed by atoms with E-state index in [2.05, 4.69) is 10.0 Å². The number of rotatable bonds is 4. The second-order valence-electron chi connectivity index (χ2n) is 7.28. The maximum absolute atomic E-state index is 12.7. The van der Waals surface area contributed by atoms with Gasteiger partial charge in [0.05, 0.1) is 15.6 Å². The van der Waals surface area contributed by atoms with Gasteiger partial charge in [-0.2, -0.15) is 0 Å². The fourth-order valence-electron chi connectivity index (χ4n) is 2.46. The maximum atomic E-state index is 12.7. The van der Waals surface area contributed by atoms with E-state index in [0.717, 1.165) is 11.1 Å². The van der Waals surface area contributed by atoms with Crippen molar-refractivity contribution in [2.45, 2.75) is 45.1 Å². The molecule has 0 aromatic heterocycles. The van der Waals surface area contributed by atoms with Gasteiger partial charge in [0, 0.05) is 11.1 Å². The molecule has 140 valence electrons. The summed E-state index contributed by atoms with van der Waals surface area (Å²) in [7, 11) is -3.89. The van der Waals surface area contributed by atoms with Gasteiger partial charge in [0.25, 0.3) is 15.9 Å². The molecule has 0 fully saturated rings. The number of anilines is 1. The van der Waals surface area contributed by atoms with Crippen molar-refractivity contribution in [2.75, 3.05) is 4.72 Å². The number of carbonyl (C=O) groups is 1. The molecule has 2 aromatic rings. The van der Waals surface area contributed by atoms with Gasteiger partial charge in [-0.25, -0.2) is 8.42 Å². The minimum atomic E-state index is -3.89. The van der Waals surface area contributed by atoms with Gasteiger partial charge in [0.2, 0.25) is 0 Å². The highest BCUT2D eigenvalue weighted by molar-refractivity contribution is 7.92. The van der Waals surface area contributed by atoms with Crippen molar-refractivity contribution < 1.29 is 13.2 Å². The second kappa shape index (κ2) is 7.29. The Balaban J connectivity index is 2.36. The van der Waals surface area contributed by atoms with Crippen molar-refractivity contribution in [1.29, 1.82) is 0 Å². The van der Waals surface area contributed by atoms with Gasteiger partial charge in [-0.15, -0.1) is 0 Å². The van der Waals surface area contributed by atoms with Gasteiger partial charge >= 0.3 is 0 Å². The summed E-state index contributed by atoms with van der Waals surface area (Å²) >= 11 is 6.19. The fourth-order valence-corrected chi connectivity index (χ4v) is 4.08.